The van der Waals surface area contributed by atoms with Crippen molar-refractivity contribution < 1.29 is 9.59 Å². The van der Waals surface area contributed by atoms with Gasteiger partial charge in [0.1, 0.15) is 0 Å². The lowest BCUT2D eigenvalue weighted by molar-refractivity contribution is -0.134. The zero-order chi connectivity index (χ0) is 17.2. The summed E-state index contributed by atoms with van der Waals surface area (Å²) in [6, 6.07) is 0. The van der Waals surface area contributed by atoms with Crippen LogP contribution in [0, 0.1) is 5.92 Å². The summed E-state index contributed by atoms with van der Waals surface area (Å²) >= 11 is 0. The SMILES string of the molecule is CN(CCCc1cnn(C)c1)C(=O)[C@@H]1CC(=O)N(C(C)(C)C)C1. The third-order valence-corrected chi connectivity index (χ3v) is 4.38. The molecule has 128 valence electrons. The van der Waals surface area contributed by atoms with E-state index in [0.717, 1.165) is 12.8 Å². The third kappa shape index (κ3) is 4.33. The summed E-state index contributed by atoms with van der Waals surface area (Å²) < 4.78 is 1.79. The van der Waals surface area contributed by atoms with Gasteiger partial charge in [0.2, 0.25) is 11.8 Å². The van der Waals surface area contributed by atoms with E-state index < -0.39 is 0 Å². The maximum absolute atomic E-state index is 12.5. The minimum absolute atomic E-state index is 0.0799. The van der Waals surface area contributed by atoms with Crippen molar-refractivity contribution in [2.75, 3.05) is 20.1 Å². The van der Waals surface area contributed by atoms with Crippen molar-refractivity contribution in [2.24, 2.45) is 13.0 Å². The smallest absolute Gasteiger partial charge is 0.227 e. The number of amides is 2. The van der Waals surface area contributed by atoms with Gasteiger partial charge in [-0.05, 0) is 39.2 Å². The Labute approximate surface area is 138 Å². The molecule has 0 bridgehead atoms. The average molecular weight is 320 g/mol. The summed E-state index contributed by atoms with van der Waals surface area (Å²) in [6.07, 6.45) is 6.00. The quantitative estimate of drug-likeness (QED) is 0.825. The summed E-state index contributed by atoms with van der Waals surface area (Å²) in [4.78, 5) is 28.2. The highest BCUT2D eigenvalue weighted by Crippen LogP contribution is 2.26. The lowest BCUT2D eigenvalue weighted by Crippen LogP contribution is -2.43. The first-order valence-corrected chi connectivity index (χ1v) is 8.21. The predicted molar refractivity (Wildman–Crippen MR) is 88.7 cm³/mol. The van der Waals surface area contributed by atoms with E-state index >= 15 is 0 Å². The van der Waals surface area contributed by atoms with Gasteiger partial charge < -0.3 is 9.80 Å². The van der Waals surface area contributed by atoms with Crippen molar-refractivity contribution in [1.82, 2.24) is 19.6 Å². The molecule has 0 aromatic carbocycles. The Kier molecular flexibility index (Phi) is 5.12. The van der Waals surface area contributed by atoms with E-state index in [-0.39, 0.29) is 23.3 Å². The summed E-state index contributed by atoms with van der Waals surface area (Å²) in [7, 11) is 3.73. The van der Waals surface area contributed by atoms with Gasteiger partial charge in [0.05, 0.1) is 12.1 Å². The second-order valence-corrected chi connectivity index (χ2v) is 7.46. The molecular weight excluding hydrogens is 292 g/mol. The van der Waals surface area contributed by atoms with Gasteiger partial charge in [-0.15, -0.1) is 0 Å². The topological polar surface area (TPSA) is 58.4 Å². The Morgan fingerprint density at radius 1 is 1.43 bits per heavy atom. The molecule has 0 spiro atoms. The Morgan fingerprint density at radius 3 is 2.65 bits per heavy atom. The molecule has 1 aliphatic heterocycles. The average Bonchev–Trinajstić information content (AvgIpc) is 3.03. The van der Waals surface area contributed by atoms with Crippen molar-refractivity contribution >= 4 is 11.8 Å². The van der Waals surface area contributed by atoms with Crippen LogP contribution in [0.25, 0.3) is 0 Å². The Balaban J connectivity index is 1.82. The third-order valence-electron chi connectivity index (χ3n) is 4.38. The molecule has 1 saturated heterocycles. The van der Waals surface area contributed by atoms with E-state index in [9.17, 15) is 9.59 Å². The molecule has 1 aromatic rings. The monoisotopic (exact) mass is 320 g/mol. The molecule has 6 nitrogen and oxygen atoms in total. The van der Waals surface area contributed by atoms with Crippen molar-refractivity contribution in [1.29, 1.82) is 0 Å². The van der Waals surface area contributed by atoms with Gasteiger partial charge in [-0.3, -0.25) is 14.3 Å². The van der Waals surface area contributed by atoms with Crippen LogP contribution in [0.4, 0.5) is 0 Å². The van der Waals surface area contributed by atoms with Crippen LogP contribution in [0.2, 0.25) is 0 Å². The van der Waals surface area contributed by atoms with Crippen LogP contribution < -0.4 is 0 Å². The Bertz CT molecular complexity index is 573. The van der Waals surface area contributed by atoms with Crippen LogP contribution in [-0.4, -0.2) is 57.1 Å². The minimum Gasteiger partial charge on any atom is -0.345 e. The van der Waals surface area contributed by atoms with E-state index in [1.165, 1.54) is 5.56 Å². The summed E-state index contributed by atoms with van der Waals surface area (Å²) in [5.74, 6) is -0.0407. The van der Waals surface area contributed by atoms with Crippen molar-refractivity contribution in [3.8, 4) is 0 Å². The fourth-order valence-corrected chi connectivity index (χ4v) is 3.06. The molecule has 0 unspecified atom stereocenters. The van der Waals surface area contributed by atoms with E-state index in [0.29, 0.717) is 19.5 Å². The molecule has 0 N–H and O–H groups in total. The molecule has 2 amide bonds. The van der Waals surface area contributed by atoms with Gasteiger partial charge in [0.25, 0.3) is 0 Å². The zero-order valence-corrected chi connectivity index (χ0v) is 14.9. The Hall–Kier alpha value is -1.85. The summed E-state index contributed by atoms with van der Waals surface area (Å²) in [5.41, 5.74) is 0.966. The molecule has 1 fully saturated rings. The van der Waals surface area contributed by atoms with Crippen LogP contribution in [0.5, 0.6) is 0 Å². The lowest BCUT2D eigenvalue weighted by Gasteiger charge is -2.32. The molecule has 23 heavy (non-hydrogen) atoms. The second-order valence-electron chi connectivity index (χ2n) is 7.46. The minimum atomic E-state index is -0.217. The fourth-order valence-electron chi connectivity index (χ4n) is 3.06. The number of hydrogen-bond donors (Lipinski definition) is 0. The van der Waals surface area contributed by atoms with Gasteiger partial charge in [-0.1, -0.05) is 0 Å². The van der Waals surface area contributed by atoms with Gasteiger partial charge in [-0.2, -0.15) is 5.10 Å². The first-order chi connectivity index (χ1) is 10.7. The fraction of sp³-hybridized carbons (Fsp3) is 0.706. The number of nitrogens with zero attached hydrogens (tertiary/aromatic N) is 4. The van der Waals surface area contributed by atoms with Gasteiger partial charge in [-0.25, -0.2) is 0 Å². The number of aryl methyl sites for hydroxylation is 2. The van der Waals surface area contributed by atoms with Gasteiger partial charge >= 0.3 is 0 Å². The molecule has 0 saturated carbocycles. The molecule has 1 aromatic heterocycles. The van der Waals surface area contributed by atoms with Crippen LogP contribution in [0.15, 0.2) is 12.4 Å². The number of carbonyl (C=O) groups excluding carboxylic acids is 2. The van der Waals surface area contributed by atoms with E-state index in [1.54, 1.807) is 9.58 Å². The van der Waals surface area contributed by atoms with E-state index in [4.69, 9.17) is 0 Å². The number of rotatable bonds is 5. The lowest BCUT2D eigenvalue weighted by atomic mass is 10.1. The van der Waals surface area contributed by atoms with Gasteiger partial charge in [0.15, 0.2) is 0 Å². The molecule has 6 heteroatoms. The van der Waals surface area contributed by atoms with Crippen LogP contribution in [0.3, 0.4) is 0 Å². The highest BCUT2D eigenvalue weighted by atomic mass is 16.2. The summed E-state index contributed by atoms with van der Waals surface area (Å²) in [5, 5.41) is 4.15. The normalized spacial score (nSPS) is 18.6. The Morgan fingerprint density at radius 2 is 2.13 bits per heavy atom. The molecular formula is C17H28N4O2. The van der Waals surface area contributed by atoms with Crippen LogP contribution in [-0.2, 0) is 23.1 Å². The predicted octanol–water partition coefficient (Wildman–Crippen LogP) is 1.46. The molecule has 1 atom stereocenters. The maximum atomic E-state index is 12.5. The highest BCUT2D eigenvalue weighted by Gasteiger charge is 2.40. The first kappa shape index (κ1) is 17.5. The second kappa shape index (κ2) is 6.72. The highest BCUT2D eigenvalue weighted by molar-refractivity contribution is 5.89. The first-order valence-electron chi connectivity index (χ1n) is 8.21. The standard InChI is InChI=1S/C17H28N4O2/c1-17(2,3)21-12-14(9-15(21)22)16(23)19(4)8-6-7-13-10-18-20(5)11-13/h10-11,14H,6-9,12H2,1-5H3/t14-/m1/s1. The van der Waals surface area contributed by atoms with Crippen molar-refractivity contribution in [3.05, 3.63) is 18.0 Å². The number of likely N-dealkylation sites (tertiary alicyclic amines) is 1. The molecule has 2 heterocycles. The van der Waals surface area contributed by atoms with Crippen molar-refractivity contribution in [3.63, 3.8) is 0 Å². The van der Waals surface area contributed by atoms with Gasteiger partial charge in [0, 0.05) is 45.3 Å². The number of carbonyl (C=O) groups is 2. The summed E-state index contributed by atoms with van der Waals surface area (Å²) in [6.45, 7) is 7.27. The molecule has 0 radical (unpaired) electrons. The molecule has 1 aliphatic rings. The van der Waals surface area contributed by atoms with E-state index in [1.807, 2.05) is 52.2 Å². The largest absolute Gasteiger partial charge is 0.345 e. The molecule has 0 aliphatic carbocycles. The maximum Gasteiger partial charge on any atom is 0.227 e. The van der Waals surface area contributed by atoms with E-state index in [2.05, 4.69) is 5.10 Å². The van der Waals surface area contributed by atoms with Crippen LogP contribution >= 0.6 is 0 Å². The number of aromatic nitrogens is 2. The van der Waals surface area contributed by atoms with Crippen molar-refractivity contribution in [2.45, 2.75) is 45.6 Å². The molecule has 2 rings (SSSR count). The number of hydrogen-bond acceptors (Lipinski definition) is 3. The van der Waals surface area contributed by atoms with Crippen LogP contribution in [0.1, 0.15) is 39.2 Å². The zero-order valence-electron chi connectivity index (χ0n) is 14.9.